The van der Waals surface area contributed by atoms with Crippen LogP contribution in [-0.2, 0) is 6.42 Å². The Morgan fingerprint density at radius 3 is 3.17 bits per heavy atom. The molecule has 0 bridgehead atoms. The van der Waals surface area contributed by atoms with Gasteiger partial charge in [-0.1, -0.05) is 13.3 Å². The van der Waals surface area contributed by atoms with Crippen LogP contribution in [0.4, 0.5) is 0 Å². The Hall–Kier alpha value is -0.450. The Bertz CT molecular complexity index is 351. The minimum absolute atomic E-state index is 0.668. The molecule has 1 saturated heterocycles. The molecule has 4 heteroatoms. The highest BCUT2D eigenvalue weighted by Crippen LogP contribution is 2.18. The average Bonchev–Trinajstić information content (AvgIpc) is 2.81. The van der Waals surface area contributed by atoms with Crippen molar-refractivity contribution in [3.05, 3.63) is 16.1 Å². The number of piperidine rings is 1. The van der Waals surface area contributed by atoms with Gasteiger partial charge in [-0.3, -0.25) is 0 Å². The molecular formula is C14H25N3S. The van der Waals surface area contributed by atoms with Gasteiger partial charge in [0.05, 0.1) is 5.01 Å². The van der Waals surface area contributed by atoms with E-state index in [-0.39, 0.29) is 0 Å². The van der Waals surface area contributed by atoms with Crippen LogP contribution in [0.2, 0.25) is 0 Å². The van der Waals surface area contributed by atoms with Crippen molar-refractivity contribution in [2.24, 2.45) is 5.92 Å². The molecule has 0 aliphatic carbocycles. The number of hydrogen-bond acceptors (Lipinski definition) is 4. The molecule has 2 heterocycles. The van der Waals surface area contributed by atoms with E-state index in [9.17, 15) is 0 Å². The van der Waals surface area contributed by atoms with Gasteiger partial charge in [0.15, 0.2) is 0 Å². The van der Waals surface area contributed by atoms with Crippen LogP contribution in [-0.4, -0.2) is 30.7 Å². The van der Waals surface area contributed by atoms with Gasteiger partial charge in [0, 0.05) is 36.6 Å². The molecule has 1 aromatic heterocycles. The Balaban J connectivity index is 1.60. The maximum atomic E-state index is 4.48. The summed E-state index contributed by atoms with van der Waals surface area (Å²) in [6, 6.07) is 0.668. The maximum Gasteiger partial charge on any atom is 0.0940 e. The van der Waals surface area contributed by atoms with Gasteiger partial charge in [0.25, 0.3) is 0 Å². The van der Waals surface area contributed by atoms with Gasteiger partial charge >= 0.3 is 0 Å². The molecule has 1 aliphatic rings. The van der Waals surface area contributed by atoms with E-state index >= 15 is 0 Å². The first kappa shape index (κ1) is 14.0. The third-order valence-electron chi connectivity index (χ3n) is 3.75. The fourth-order valence-electron chi connectivity index (χ4n) is 2.61. The van der Waals surface area contributed by atoms with Crippen molar-refractivity contribution in [2.75, 3.05) is 19.6 Å². The first-order chi connectivity index (χ1) is 8.78. The number of aryl methyl sites for hydroxylation is 1. The molecule has 2 rings (SSSR count). The Morgan fingerprint density at radius 1 is 1.56 bits per heavy atom. The molecule has 0 radical (unpaired) electrons. The van der Waals surface area contributed by atoms with E-state index in [1.807, 2.05) is 0 Å². The van der Waals surface area contributed by atoms with Gasteiger partial charge in [-0.15, -0.1) is 11.3 Å². The van der Waals surface area contributed by atoms with E-state index in [1.165, 1.54) is 30.8 Å². The lowest BCUT2D eigenvalue weighted by Gasteiger charge is -2.29. The highest BCUT2D eigenvalue weighted by Gasteiger charge is 2.19. The van der Waals surface area contributed by atoms with Gasteiger partial charge in [0.1, 0.15) is 0 Å². The van der Waals surface area contributed by atoms with Crippen LogP contribution >= 0.6 is 11.3 Å². The quantitative estimate of drug-likeness (QED) is 0.777. The van der Waals surface area contributed by atoms with Crippen LogP contribution in [0.1, 0.15) is 36.9 Å². The minimum Gasteiger partial charge on any atom is -0.315 e. The van der Waals surface area contributed by atoms with Crippen molar-refractivity contribution in [3.63, 3.8) is 0 Å². The second-order valence-electron chi connectivity index (χ2n) is 5.29. The number of rotatable bonds is 6. The SMILES string of the molecule is CCC1CCNC(CNCCc2nc(C)cs2)C1. The number of hydrogen-bond donors (Lipinski definition) is 2. The summed E-state index contributed by atoms with van der Waals surface area (Å²) in [6.07, 6.45) is 5.07. The Morgan fingerprint density at radius 2 is 2.44 bits per heavy atom. The summed E-state index contributed by atoms with van der Waals surface area (Å²) in [6.45, 7) is 7.70. The number of nitrogens with zero attached hydrogens (tertiary/aromatic N) is 1. The van der Waals surface area contributed by atoms with Crippen molar-refractivity contribution in [1.82, 2.24) is 15.6 Å². The average molecular weight is 267 g/mol. The Kier molecular flexibility index (Phi) is 5.60. The summed E-state index contributed by atoms with van der Waals surface area (Å²) < 4.78 is 0. The molecule has 1 fully saturated rings. The molecule has 1 aliphatic heterocycles. The molecule has 0 amide bonds. The highest BCUT2D eigenvalue weighted by atomic mass is 32.1. The fraction of sp³-hybridized carbons (Fsp3) is 0.786. The van der Waals surface area contributed by atoms with Crippen molar-refractivity contribution in [1.29, 1.82) is 0 Å². The maximum absolute atomic E-state index is 4.48. The first-order valence-electron chi connectivity index (χ1n) is 7.13. The largest absolute Gasteiger partial charge is 0.315 e. The lowest BCUT2D eigenvalue weighted by molar-refractivity contribution is 0.288. The van der Waals surface area contributed by atoms with Crippen LogP contribution in [0, 0.1) is 12.8 Å². The second kappa shape index (κ2) is 7.22. The van der Waals surface area contributed by atoms with E-state index in [1.54, 1.807) is 11.3 Å². The number of aromatic nitrogens is 1. The standard InChI is InChI=1S/C14H25N3S/c1-3-12-4-7-16-13(8-12)9-15-6-5-14-17-11(2)10-18-14/h10,12-13,15-16H,3-9H2,1-2H3. The first-order valence-corrected chi connectivity index (χ1v) is 8.01. The van der Waals surface area contributed by atoms with Crippen molar-refractivity contribution in [2.45, 2.75) is 45.6 Å². The minimum atomic E-state index is 0.668. The highest BCUT2D eigenvalue weighted by molar-refractivity contribution is 7.09. The van der Waals surface area contributed by atoms with E-state index in [0.717, 1.165) is 31.1 Å². The van der Waals surface area contributed by atoms with E-state index in [4.69, 9.17) is 0 Å². The van der Waals surface area contributed by atoms with Gasteiger partial charge in [-0.05, 0) is 32.2 Å². The summed E-state index contributed by atoms with van der Waals surface area (Å²) in [5.74, 6) is 0.930. The molecule has 2 N–H and O–H groups in total. The molecule has 0 aromatic carbocycles. The second-order valence-corrected chi connectivity index (χ2v) is 6.23. The van der Waals surface area contributed by atoms with Crippen LogP contribution < -0.4 is 10.6 Å². The van der Waals surface area contributed by atoms with E-state index < -0.39 is 0 Å². The number of nitrogens with one attached hydrogen (secondary N) is 2. The third-order valence-corrected chi connectivity index (χ3v) is 4.78. The summed E-state index contributed by atoms with van der Waals surface area (Å²) in [7, 11) is 0. The van der Waals surface area contributed by atoms with Gasteiger partial charge < -0.3 is 10.6 Å². The van der Waals surface area contributed by atoms with Crippen molar-refractivity contribution in [3.8, 4) is 0 Å². The zero-order valence-electron chi connectivity index (χ0n) is 11.5. The van der Waals surface area contributed by atoms with Crippen LogP contribution in [0.5, 0.6) is 0 Å². The van der Waals surface area contributed by atoms with Gasteiger partial charge in [-0.25, -0.2) is 4.98 Å². The summed E-state index contributed by atoms with van der Waals surface area (Å²) in [5, 5.41) is 10.6. The smallest absolute Gasteiger partial charge is 0.0940 e. The summed E-state index contributed by atoms with van der Waals surface area (Å²) in [5.41, 5.74) is 1.15. The molecule has 2 atom stereocenters. The molecule has 1 aromatic rings. The monoisotopic (exact) mass is 267 g/mol. The molecule has 2 unspecified atom stereocenters. The predicted molar refractivity (Wildman–Crippen MR) is 78.2 cm³/mol. The van der Waals surface area contributed by atoms with Crippen LogP contribution in [0.25, 0.3) is 0 Å². The zero-order valence-corrected chi connectivity index (χ0v) is 12.4. The fourth-order valence-corrected chi connectivity index (χ4v) is 3.39. The molecule has 0 saturated carbocycles. The van der Waals surface area contributed by atoms with Crippen molar-refractivity contribution >= 4 is 11.3 Å². The molecule has 3 nitrogen and oxygen atoms in total. The van der Waals surface area contributed by atoms with E-state index in [0.29, 0.717) is 6.04 Å². The Labute approximate surface area is 114 Å². The molecule has 0 spiro atoms. The van der Waals surface area contributed by atoms with Gasteiger partial charge in [0.2, 0.25) is 0 Å². The summed E-state index contributed by atoms with van der Waals surface area (Å²) in [4.78, 5) is 4.48. The number of thiazole rings is 1. The predicted octanol–water partition coefficient (Wildman–Crippen LogP) is 2.36. The van der Waals surface area contributed by atoms with E-state index in [2.05, 4.69) is 34.8 Å². The molecule has 18 heavy (non-hydrogen) atoms. The topological polar surface area (TPSA) is 37.0 Å². The third kappa shape index (κ3) is 4.34. The van der Waals surface area contributed by atoms with Crippen LogP contribution in [0.15, 0.2) is 5.38 Å². The van der Waals surface area contributed by atoms with Gasteiger partial charge in [-0.2, -0.15) is 0 Å². The zero-order chi connectivity index (χ0) is 12.8. The molecule has 102 valence electrons. The van der Waals surface area contributed by atoms with Crippen LogP contribution in [0.3, 0.4) is 0 Å². The lowest BCUT2D eigenvalue weighted by Crippen LogP contribution is -2.44. The van der Waals surface area contributed by atoms with Crippen molar-refractivity contribution < 1.29 is 0 Å². The molecular weight excluding hydrogens is 242 g/mol. The lowest BCUT2D eigenvalue weighted by atomic mass is 9.90. The summed E-state index contributed by atoms with van der Waals surface area (Å²) >= 11 is 1.77. The normalized spacial score (nSPS) is 24.3.